The van der Waals surface area contributed by atoms with E-state index >= 15 is 0 Å². The van der Waals surface area contributed by atoms with Gasteiger partial charge in [0.2, 0.25) is 0 Å². The van der Waals surface area contributed by atoms with Crippen LogP contribution in [-0.2, 0) is 17.6 Å². The molecular formula is C18H24O2. The average Bonchev–Trinajstić information content (AvgIpc) is 2.38. The van der Waals surface area contributed by atoms with Gasteiger partial charge in [0.15, 0.2) is 0 Å². The van der Waals surface area contributed by atoms with E-state index in [0.717, 1.165) is 29.6 Å². The van der Waals surface area contributed by atoms with Gasteiger partial charge in [0.1, 0.15) is 18.6 Å². The Morgan fingerprint density at radius 3 is 2.35 bits per heavy atom. The summed E-state index contributed by atoms with van der Waals surface area (Å²) in [7, 11) is 0. The molecule has 0 fully saturated rings. The number of allylic oxidation sites excluding steroid dienone is 3. The molecule has 0 amide bonds. The van der Waals surface area contributed by atoms with Gasteiger partial charge in [0, 0.05) is 6.42 Å². The predicted octanol–water partition coefficient (Wildman–Crippen LogP) is 4.28. The Bertz CT molecular complexity index is 502. The van der Waals surface area contributed by atoms with Gasteiger partial charge in [-0.15, -0.1) is 0 Å². The minimum Gasteiger partial charge on any atom is -0.489 e. The van der Waals surface area contributed by atoms with Crippen molar-refractivity contribution in [3.8, 4) is 5.75 Å². The number of aldehydes is 1. The summed E-state index contributed by atoms with van der Waals surface area (Å²) >= 11 is 0. The van der Waals surface area contributed by atoms with Gasteiger partial charge in [-0.3, -0.25) is 0 Å². The Hall–Kier alpha value is -1.83. The second-order valence-corrected chi connectivity index (χ2v) is 5.39. The number of ether oxygens (including phenoxy) is 1. The predicted molar refractivity (Wildman–Crippen MR) is 84.3 cm³/mol. The van der Waals surface area contributed by atoms with Crippen molar-refractivity contribution in [1.29, 1.82) is 0 Å². The summed E-state index contributed by atoms with van der Waals surface area (Å²) in [6, 6.07) is 5.98. The molecule has 0 aliphatic heterocycles. The molecule has 0 aliphatic carbocycles. The molecule has 0 bridgehead atoms. The SMILES string of the molecule is CC(C)=CCOc1ccc(CC=O)cc1CC=C(C)C. The lowest BCUT2D eigenvalue weighted by Gasteiger charge is -2.11. The lowest BCUT2D eigenvalue weighted by atomic mass is 10.0. The van der Waals surface area contributed by atoms with Crippen LogP contribution in [0.25, 0.3) is 0 Å². The number of carbonyl (C=O) groups excluding carboxylic acids is 1. The molecule has 0 N–H and O–H groups in total. The zero-order valence-corrected chi connectivity index (χ0v) is 12.9. The van der Waals surface area contributed by atoms with Gasteiger partial charge in [0.25, 0.3) is 0 Å². The van der Waals surface area contributed by atoms with Crippen LogP contribution in [0.2, 0.25) is 0 Å². The first-order valence-electron chi connectivity index (χ1n) is 6.98. The first kappa shape index (κ1) is 16.2. The van der Waals surface area contributed by atoms with Gasteiger partial charge < -0.3 is 9.53 Å². The Morgan fingerprint density at radius 1 is 1.05 bits per heavy atom. The second kappa shape index (κ2) is 8.36. The molecule has 2 heteroatoms. The van der Waals surface area contributed by atoms with E-state index in [1.807, 2.05) is 12.1 Å². The third-order valence-corrected chi connectivity index (χ3v) is 2.90. The van der Waals surface area contributed by atoms with E-state index in [4.69, 9.17) is 4.74 Å². The molecule has 0 saturated carbocycles. The topological polar surface area (TPSA) is 26.3 Å². The van der Waals surface area contributed by atoms with Gasteiger partial charge in [-0.2, -0.15) is 0 Å². The van der Waals surface area contributed by atoms with Gasteiger partial charge in [-0.25, -0.2) is 0 Å². The normalized spacial score (nSPS) is 9.80. The van der Waals surface area contributed by atoms with Crippen molar-refractivity contribution in [2.75, 3.05) is 6.61 Å². The van der Waals surface area contributed by atoms with E-state index in [9.17, 15) is 4.79 Å². The first-order valence-corrected chi connectivity index (χ1v) is 6.98. The average molecular weight is 272 g/mol. The van der Waals surface area contributed by atoms with Crippen LogP contribution < -0.4 is 4.74 Å². The molecule has 1 aromatic carbocycles. The molecule has 0 saturated heterocycles. The third-order valence-electron chi connectivity index (χ3n) is 2.90. The highest BCUT2D eigenvalue weighted by Crippen LogP contribution is 2.22. The van der Waals surface area contributed by atoms with Crippen LogP contribution in [0.15, 0.2) is 41.5 Å². The van der Waals surface area contributed by atoms with Crippen LogP contribution in [0.5, 0.6) is 5.75 Å². The summed E-state index contributed by atoms with van der Waals surface area (Å²) in [5, 5.41) is 0. The van der Waals surface area contributed by atoms with Gasteiger partial charge in [0.05, 0.1) is 0 Å². The Kier molecular flexibility index (Phi) is 6.78. The number of carbonyl (C=O) groups is 1. The van der Waals surface area contributed by atoms with E-state index in [1.54, 1.807) is 0 Å². The Balaban J connectivity index is 2.92. The smallest absolute Gasteiger partial charge is 0.124 e. The van der Waals surface area contributed by atoms with Gasteiger partial charge >= 0.3 is 0 Å². The summed E-state index contributed by atoms with van der Waals surface area (Å²) in [6.07, 6.45) is 6.46. The molecule has 0 spiro atoms. The summed E-state index contributed by atoms with van der Waals surface area (Å²) < 4.78 is 5.82. The van der Waals surface area contributed by atoms with Crippen molar-refractivity contribution in [3.63, 3.8) is 0 Å². The van der Waals surface area contributed by atoms with Crippen LogP contribution in [-0.4, -0.2) is 12.9 Å². The molecule has 0 heterocycles. The zero-order chi connectivity index (χ0) is 15.0. The standard InChI is InChI=1S/C18H24O2/c1-14(2)5-7-17-13-16(9-11-19)6-8-18(17)20-12-10-15(3)4/h5-6,8,10-11,13H,7,9,12H2,1-4H3. The fraction of sp³-hybridized carbons (Fsp3) is 0.389. The van der Waals surface area contributed by atoms with Crippen molar-refractivity contribution >= 4 is 6.29 Å². The number of hydrogen-bond donors (Lipinski definition) is 0. The largest absolute Gasteiger partial charge is 0.489 e. The highest BCUT2D eigenvalue weighted by atomic mass is 16.5. The highest BCUT2D eigenvalue weighted by Gasteiger charge is 2.04. The van der Waals surface area contributed by atoms with Crippen molar-refractivity contribution < 1.29 is 9.53 Å². The van der Waals surface area contributed by atoms with Crippen molar-refractivity contribution in [2.24, 2.45) is 0 Å². The maximum absolute atomic E-state index is 10.6. The minimum atomic E-state index is 0.454. The Morgan fingerprint density at radius 2 is 1.75 bits per heavy atom. The molecule has 0 unspecified atom stereocenters. The maximum Gasteiger partial charge on any atom is 0.124 e. The van der Waals surface area contributed by atoms with E-state index in [0.29, 0.717) is 13.0 Å². The van der Waals surface area contributed by atoms with Crippen LogP contribution in [0.3, 0.4) is 0 Å². The van der Waals surface area contributed by atoms with Crippen LogP contribution >= 0.6 is 0 Å². The van der Waals surface area contributed by atoms with Crippen molar-refractivity contribution in [3.05, 3.63) is 52.6 Å². The van der Waals surface area contributed by atoms with Gasteiger partial charge in [-0.05, 0) is 57.4 Å². The molecule has 108 valence electrons. The first-order chi connectivity index (χ1) is 9.52. The number of hydrogen-bond acceptors (Lipinski definition) is 2. The monoisotopic (exact) mass is 272 g/mol. The fourth-order valence-electron chi connectivity index (χ4n) is 1.77. The van der Waals surface area contributed by atoms with E-state index in [1.165, 1.54) is 11.1 Å². The zero-order valence-electron chi connectivity index (χ0n) is 12.9. The maximum atomic E-state index is 10.6. The Labute approximate surface area is 122 Å². The van der Waals surface area contributed by atoms with E-state index < -0.39 is 0 Å². The van der Waals surface area contributed by atoms with Crippen LogP contribution in [0, 0.1) is 0 Å². The van der Waals surface area contributed by atoms with Crippen molar-refractivity contribution in [2.45, 2.75) is 40.5 Å². The van der Waals surface area contributed by atoms with E-state index in [2.05, 4.69) is 45.9 Å². The van der Waals surface area contributed by atoms with Crippen LogP contribution in [0.4, 0.5) is 0 Å². The number of benzene rings is 1. The number of rotatable bonds is 7. The van der Waals surface area contributed by atoms with Crippen LogP contribution in [0.1, 0.15) is 38.8 Å². The highest BCUT2D eigenvalue weighted by molar-refractivity contribution is 5.56. The fourth-order valence-corrected chi connectivity index (χ4v) is 1.77. The third kappa shape index (κ3) is 5.87. The summed E-state index contributed by atoms with van der Waals surface area (Å²) in [4.78, 5) is 10.6. The summed E-state index contributed by atoms with van der Waals surface area (Å²) in [6.45, 7) is 8.86. The minimum absolute atomic E-state index is 0.454. The van der Waals surface area contributed by atoms with Crippen molar-refractivity contribution in [1.82, 2.24) is 0 Å². The second-order valence-electron chi connectivity index (χ2n) is 5.39. The summed E-state index contributed by atoms with van der Waals surface area (Å²) in [5.74, 6) is 0.898. The molecular weight excluding hydrogens is 248 g/mol. The lowest BCUT2D eigenvalue weighted by molar-refractivity contribution is -0.107. The molecule has 0 aromatic heterocycles. The quantitative estimate of drug-likeness (QED) is 0.547. The van der Waals surface area contributed by atoms with Gasteiger partial charge in [-0.1, -0.05) is 29.4 Å². The van der Waals surface area contributed by atoms with E-state index in [-0.39, 0.29) is 0 Å². The lowest BCUT2D eigenvalue weighted by Crippen LogP contribution is -1.99. The molecule has 0 radical (unpaired) electrons. The molecule has 1 aromatic rings. The summed E-state index contributed by atoms with van der Waals surface area (Å²) in [5.41, 5.74) is 4.69. The molecule has 1 rings (SSSR count). The molecule has 0 atom stereocenters. The molecule has 2 nitrogen and oxygen atoms in total. The molecule has 20 heavy (non-hydrogen) atoms. The molecule has 0 aliphatic rings.